The molecule has 0 saturated heterocycles. The summed E-state index contributed by atoms with van der Waals surface area (Å²) in [5, 5.41) is 0. The van der Waals surface area contributed by atoms with E-state index in [1.54, 1.807) is 0 Å². The van der Waals surface area contributed by atoms with Crippen molar-refractivity contribution in [3.8, 4) is 0 Å². The first-order valence-electron chi connectivity index (χ1n) is 7.01. The SMILES string of the molecule is CCc1ccc(N(C)CC(CC)(CC)CS)cc1. The molecule has 0 aromatic heterocycles. The molecule has 0 aliphatic rings. The van der Waals surface area contributed by atoms with E-state index >= 15 is 0 Å². The van der Waals surface area contributed by atoms with Crippen LogP contribution in [0.3, 0.4) is 0 Å². The topological polar surface area (TPSA) is 3.24 Å². The molecule has 0 aliphatic heterocycles. The fraction of sp³-hybridized carbons (Fsp3) is 0.625. The molecule has 0 aliphatic carbocycles. The smallest absolute Gasteiger partial charge is 0.0363 e. The summed E-state index contributed by atoms with van der Waals surface area (Å²) in [5.41, 5.74) is 3.04. The van der Waals surface area contributed by atoms with Gasteiger partial charge in [0.05, 0.1) is 0 Å². The fourth-order valence-electron chi connectivity index (χ4n) is 2.33. The molecule has 1 nitrogen and oxygen atoms in total. The summed E-state index contributed by atoms with van der Waals surface area (Å²) >= 11 is 4.55. The highest BCUT2D eigenvalue weighted by molar-refractivity contribution is 7.80. The van der Waals surface area contributed by atoms with Crippen LogP contribution in [0.1, 0.15) is 39.2 Å². The van der Waals surface area contributed by atoms with Gasteiger partial charge in [0, 0.05) is 19.3 Å². The summed E-state index contributed by atoms with van der Waals surface area (Å²) in [6.07, 6.45) is 3.48. The lowest BCUT2D eigenvalue weighted by atomic mass is 9.84. The monoisotopic (exact) mass is 265 g/mol. The maximum absolute atomic E-state index is 4.55. The van der Waals surface area contributed by atoms with Crippen molar-refractivity contribution < 1.29 is 0 Å². The van der Waals surface area contributed by atoms with Crippen LogP contribution in [0.15, 0.2) is 24.3 Å². The number of aryl methyl sites for hydroxylation is 1. The van der Waals surface area contributed by atoms with Crippen LogP contribution in [0.2, 0.25) is 0 Å². The van der Waals surface area contributed by atoms with Crippen molar-refractivity contribution in [3.05, 3.63) is 29.8 Å². The lowest BCUT2D eigenvalue weighted by Crippen LogP contribution is -2.36. The Morgan fingerprint density at radius 3 is 2.00 bits per heavy atom. The van der Waals surface area contributed by atoms with Crippen LogP contribution in [0.5, 0.6) is 0 Å². The normalized spacial score (nSPS) is 11.6. The van der Waals surface area contributed by atoms with E-state index in [9.17, 15) is 0 Å². The first-order chi connectivity index (χ1) is 8.60. The molecular formula is C16H27NS. The van der Waals surface area contributed by atoms with E-state index in [0.29, 0.717) is 5.41 Å². The third-order valence-corrected chi connectivity index (χ3v) is 4.86. The largest absolute Gasteiger partial charge is 0.374 e. The van der Waals surface area contributed by atoms with Gasteiger partial charge < -0.3 is 4.90 Å². The van der Waals surface area contributed by atoms with Gasteiger partial charge in [-0.05, 0) is 48.1 Å². The van der Waals surface area contributed by atoms with E-state index in [-0.39, 0.29) is 0 Å². The van der Waals surface area contributed by atoms with Crippen molar-refractivity contribution in [1.82, 2.24) is 0 Å². The van der Waals surface area contributed by atoms with Gasteiger partial charge in [0.15, 0.2) is 0 Å². The molecule has 0 amide bonds. The summed E-state index contributed by atoms with van der Waals surface area (Å²) in [5.74, 6) is 0.956. The first-order valence-corrected chi connectivity index (χ1v) is 7.65. The predicted molar refractivity (Wildman–Crippen MR) is 86.0 cm³/mol. The van der Waals surface area contributed by atoms with Gasteiger partial charge in [0.2, 0.25) is 0 Å². The van der Waals surface area contributed by atoms with E-state index in [4.69, 9.17) is 0 Å². The summed E-state index contributed by atoms with van der Waals surface area (Å²) in [7, 11) is 2.18. The van der Waals surface area contributed by atoms with Crippen LogP contribution in [-0.4, -0.2) is 19.3 Å². The molecule has 0 unspecified atom stereocenters. The Kier molecular flexibility index (Phi) is 6.07. The molecule has 0 fully saturated rings. The first kappa shape index (κ1) is 15.4. The van der Waals surface area contributed by atoms with Crippen molar-refractivity contribution >= 4 is 18.3 Å². The minimum absolute atomic E-state index is 0.335. The molecule has 102 valence electrons. The maximum Gasteiger partial charge on any atom is 0.0363 e. The van der Waals surface area contributed by atoms with Gasteiger partial charge in [0.1, 0.15) is 0 Å². The Hall–Kier alpha value is -0.630. The molecule has 0 radical (unpaired) electrons. The maximum atomic E-state index is 4.55. The van der Waals surface area contributed by atoms with E-state index in [0.717, 1.165) is 18.7 Å². The lowest BCUT2D eigenvalue weighted by molar-refractivity contribution is 0.314. The van der Waals surface area contributed by atoms with Gasteiger partial charge in [-0.15, -0.1) is 0 Å². The Balaban J connectivity index is 2.76. The zero-order chi connectivity index (χ0) is 13.6. The summed E-state index contributed by atoms with van der Waals surface area (Å²) < 4.78 is 0. The predicted octanol–water partition coefficient (Wildman–Crippen LogP) is 4.42. The number of anilines is 1. The highest BCUT2D eigenvalue weighted by atomic mass is 32.1. The van der Waals surface area contributed by atoms with Crippen LogP contribution in [0.25, 0.3) is 0 Å². The Bertz CT molecular complexity index is 332. The van der Waals surface area contributed by atoms with E-state index in [1.165, 1.54) is 24.1 Å². The van der Waals surface area contributed by atoms with Gasteiger partial charge in [0.25, 0.3) is 0 Å². The van der Waals surface area contributed by atoms with Gasteiger partial charge in [-0.25, -0.2) is 0 Å². The Labute approximate surface area is 118 Å². The van der Waals surface area contributed by atoms with Gasteiger partial charge in [-0.3, -0.25) is 0 Å². The third-order valence-electron chi connectivity index (χ3n) is 4.19. The molecular weight excluding hydrogens is 238 g/mol. The van der Waals surface area contributed by atoms with Gasteiger partial charge >= 0.3 is 0 Å². The van der Waals surface area contributed by atoms with Crippen molar-refractivity contribution in [3.63, 3.8) is 0 Å². The number of hydrogen-bond donors (Lipinski definition) is 1. The van der Waals surface area contributed by atoms with E-state index in [1.807, 2.05) is 0 Å². The molecule has 2 heteroatoms. The van der Waals surface area contributed by atoms with Crippen LogP contribution in [-0.2, 0) is 6.42 Å². The average molecular weight is 265 g/mol. The van der Waals surface area contributed by atoms with Crippen molar-refractivity contribution in [2.75, 3.05) is 24.2 Å². The second-order valence-corrected chi connectivity index (χ2v) is 5.56. The second kappa shape index (κ2) is 7.08. The molecule has 0 N–H and O–H groups in total. The number of hydrogen-bond acceptors (Lipinski definition) is 2. The Morgan fingerprint density at radius 1 is 1.06 bits per heavy atom. The van der Waals surface area contributed by atoms with Gasteiger partial charge in [-0.1, -0.05) is 32.9 Å². The molecule has 1 rings (SSSR count). The van der Waals surface area contributed by atoms with Crippen LogP contribution < -0.4 is 4.90 Å². The number of benzene rings is 1. The second-order valence-electron chi connectivity index (χ2n) is 5.24. The summed E-state index contributed by atoms with van der Waals surface area (Å²) in [6.45, 7) is 7.81. The van der Waals surface area contributed by atoms with Crippen LogP contribution in [0.4, 0.5) is 5.69 Å². The molecule has 0 bridgehead atoms. The summed E-state index contributed by atoms with van der Waals surface area (Å²) in [6, 6.07) is 8.92. The molecule has 0 atom stereocenters. The van der Waals surface area contributed by atoms with Crippen molar-refractivity contribution in [1.29, 1.82) is 0 Å². The highest BCUT2D eigenvalue weighted by Crippen LogP contribution is 2.30. The standard InChI is InChI=1S/C16H27NS/c1-5-14-8-10-15(11-9-14)17(4)12-16(6-2,7-3)13-18/h8-11,18H,5-7,12-13H2,1-4H3. The van der Waals surface area contributed by atoms with Crippen molar-refractivity contribution in [2.45, 2.75) is 40.0 Å². The molecule has 1 aromatic rings. The fourth-order valence-corrected chi connectivity index (χ4v) is 2.87. The zero-order valence-electron chi connectivity index (χ0n) is 12.2. The number of nitrogens with zero attached hydrogens (tertiary/aromatic N) is 1. The quantitative estimate of drug-likeness (QED) is 0.714. The van der Waals surface area contributed by atoms with Crippen LogP contribution >= 0.6 is 12.6 Å². The minimum atomic E-state index is 0.335. The number of thiol groups is 1. The Morgan fingerprint density at radius 2 is 1.61 bits per heavy atom. The third kappa shape index (κ3) is 3.68. The molecule has 0 heterocycles. The molecule has 1 aromatic carbocycles. The van der Waals surface area contributed by atoms with Crippen molar-refractivity contribution in [2.24, 2.45) is 5.41 Å². The minimum Gasteiger partial charge on any atom is -0.374 e. The molecule has 18 heavy (non-hydrogen) atoms. The molecule has 0 saturated carbocycles. The van der Waals surface area contributed by atoms with Crippen LogP contribution in [0, 0.1) is 5.41 Å². The molecule has 0 spiro atoms. The van der Waals surface area contributed by atoms with E-state index < -0.39 is 0 Å². The highest BCUT2D eigenvalue weighted by Gasteiger charge is 2.26. The summed E-state index contributed by atoms with van der Waals surface area (Å²) in [4.78, 5) is 2.36. The zero-order valence-corrected chi connectivity index (χ0v) is 13.1. The number of rotatable bonds is 7. The van der Waals surface area contributed by atoms with E-state index in [2.05, 4.69) is 69.6 Å². The lowest BCUT2D eigenvalue weighted by Gasteiger charge is -2.35. The average Bonchev–Trinajstić information content (AvgIpc) is 2.45. The van der Waals surface area contributed by atoms with Gasteiger partial charge in [-0.2, -0.15) is 12.6 Å².